The molecule has 156 valence electrons. The second-order valence-corrected chi connectivity index (χ2v) is 8.01. The van der Waals surface area contributed by atoms with Gasteiger partial charge in [-0.3, -0.25) is 14.9 Å². The number of rotatable bonds is 9. The van der Waals surface area contributed by atoms with E-state index in [2.05, 4.69) is 15.6 Å². The number of nitrogens with one attached hydrogen (secondary N) is 2. The highest BCUT2D eigenvalue weighted by Crippen LogP contribution is 2.27. The molecule has 0 unspecified atom stereocenters. The summed E-state index contributed by atoms with van der Waals surface area (Å²) in [6, 6.07) is 13.2. The fraction of sp³-hybridized carbons (Fsp3) is 0.190. The third-order valence-corrected chi connectivity index (χ3v) is 5.80. The molecule has 0 saturated heterocycles. The average molecular weight is 446 g/mol. The molecule has 1 heterocycles. The molecule has 0 bridgehead atoms. The largest absolute Gasteiger partial charge is 0.383 e. The zero-order chi connectivity index (χ0) is 21.3. The Bertz CT molecular complexity index is 1030. The number of hydrogen-bond donors (Lipinski definition) is 2. The van der Waals surface area contributed by atoms with Gasteiger partial charge in [0.05, 0.1) is 23.6 Å². The zero-order valence-electron chi connectivity index (χ0n) is 16.2. The van der Waals surface area contributed by atoms with Gasteiger partial charge in [0.2, 0.25) is 5.91 Å². The van der Waals surface area contributed by atoms with Gasteiger partial charge in [0.15, 0.2) is 5.13 Å². The van der Waals surface area contributed by atoms with Gasteiger partial charge < -0.3 is 10.1 Å². The number of halogens is 1. The van der Waals surface area contributed by atoms with Crippen molar-refractivity contribution in [3.05, 3.63) is 65.3 Å². The summed E-state index contributed by atoms with van der Waals surface area (Å²) in [7, 11) is 1.57. The third-order valence-electron chi connectivity index (χ3n) is 3.96. The van der Waals surface area contributed by atoms with Crippen molar-refractivity contribution in [3.63, 3.8) is 0 Å². The smallest absolute Gasteiger partial charge is 0.258 e. The van der Waals surface area contributed by atoms with E-state index in [9.17, 15) is 14.0 Å². The summed E-state index contributed by atoms with van der Waals surface area (Å²) >= 11 is 2.54. The lowest BCUT2D eigenvalue weighted by Gasteiger charge is -2.09. The molecule has 2 N–H and O–H groups in total. The first-order valence-electron chi connectivity index (χ1n) is 9.07. The van der Waals surface area contributed by atoms with E-state index in [1.54, 1.807) is 42.8 Å². The van der Waals surface area contributed by atoms with Crippen LogP contribution in [0.4, 0.5) is 9.52 Å². The predicted molar refractivity (Wildman–Crippen MR) is 118 cm³/mol. The SMILES string of the molecule is COCCNC(=O)CSc1ccccc1C(=O)Nc1nc(-c2cccc(F)c2)cs1. The van der Waals surface area contributed by atoms with Gasteiger partial charge in [-0.15, -0.1) is 23.1 Å². The maximum atomic E-state index is 13.4. The number of carbonyl (C=O) groups excluding carboxylic acids is 2. The van der Waals surface area contributed by atoms with Crippen molar-refractivity contribution in [1.82, 2.24) is 10.3 Å². The molecule has 0 radical (unpaired) electrons. The van der Waals surface area contributed by atoms with Crippen molar-refractivity contribution >= 4 is 40.0 Å². The Balaban J connectivity index is 1.64. The second-order valence-electron chi connectivity index (χ2n) is 6.13. The Kier molecular flexibility index (Phi) is 7.95. The van der Waals surface area contributed by atoms with Crippen molar-refractivity contribution in [1.29, 1.82) is 0 Å². The van der Waals surface area contributed by atoms with Crippen LogP contribution in [0.15, 0.2) is 58.8 Å². The Labute approximate surface area is 181 Å². The maximum Gasteiger partial charge on any atom is 0.258 e. The van der Waals surface area contributed by atoms with Crippen LogP contribution >= 0.6 is 23.1 Å². The van der Waals surface area contributed by atoms with Gasteiger partial charge in [0.1, 0.15) is 5.82 Å². The van der Waals surface area contributed by atoms with Crippen LogP contribution in [0.25, 0.3) is 11.3 Å². The fourth-order valence-electron chi connectivity index (χ4n) is 2.54. The maximum absolute atomic E-state index is 13.4. The van der Waals surface area contributed by atoms with E-state index < -0.39 is 0 Å². The van der Waals surface area contributed by atoms with Crippen LogP contribution in [0.1, 0.15) is 10.4 Å². The van der Waals surface area contributed by atoms with E-state index in [-0.39, 0.29) is 23.4 Å². The molecule has 3 rings (SSSR count). The number of carbonyl (C=O) groups is 2. The third kappa shape index (κ3) is 6.12. The lowest BCUT2D eigenvalue weighted by molar-refractivity contribution is -0.118. The molecule has 0 aliphatic rings. The Morgan fingerprint density at radius 1 is 1.20 bits per heavy atom. The standard InChI is InChI=1S/C21H20FN3O3S2/c1-28-10-9-23-19(26)13-29-18-8-3-2-7-16(18)20(27)25-21-24-17(12-30-21)14-5-4-6-15(22)11-14/h2-8,11-12H,9-10,13H2,1H3,(H,23,26)(H,24,25,27). The van der Waals surface area contributed by atoms with Gasteiger partial charge in [0.25, 0.3) is 5.91 Å². The first-order valence-corrected chi connectivity index (χ1v) is 10.9. The van der Waals surface area contributed by atoms with Crippen LogP contribution in [0.3, 0.4) is 0 Å². The van der Waals surface area contributed by atoms with Crippen LogP contribution in [-0.4, -0.2) is 42.8 Å². The molecule has 0 atom stereocenters. The normalized spacial score (nSPS) is 10.6. The molecule has 0 aliphatic carbocycles. The highest BCUT2D eigenvalue weighted by molar-refractivity contribution is 8.00. The van der Waals surface area contributed by atoms with Crippen LogP contribution < -0.4 is 10.6 Å². The number of ether oxygens (including phenoxy) is 1. The lowest BCUT2D eigenvalue weighted by Crippen LogP contribution is -2.28. The number of amides is 2. The molecule has 0 saturated carbocycles. The number of methoxy groups -OCH3 is 1. The average Bonchev–Trinajstić information content (AvgIpc) is 3.21. The molecular weight excluding hydrogens is 425 g/mol. The zero-order valence-corrected chi connectivity index (χ0v) is 17.8. The minimum Gasteiger partial charge on any atom is -0.383 e. The van der Waals surface area contributed by atoms with Gasteiger partial charge in [-0.05, 0) is 24.3 Å². The van der Waals surface area contributed by atoms with E-state index in [1.807, 2.05) is 6.07 Å². The molecule has 30 heavy (non-hydrogen) atoms. The van der Waals surface area contributed by atoms with E-state index >= 15 is 0 Å². The summed E-state index contributed by atoms with van der Waals surface area (Å²) in [5, 5.41) is 7.69. The number of thioether (sulfide) groups is 1. The highest BCUT2D eigenvalue weighted by Gasteiger charge is 2.15. The Hall–Kier alpha value is -2.75. The van der Waals surface area contributed by atoms with Gasteiger partial charge in [-0.2, -0.15) is 0 Å². The van der Waals surface area contributed by atoms with Gasteiger partial charge in [0, 0.05) is 29.5 Å². The quantitative estimate of drug-likeness (QED) is 0.384. The molecule has 3 aromatic rings. The number of aromatic nitrogens is 1. The fourth-order valence-corrected chi connectivity index (χ4v) is 4.14. The van der Waals surface area contributed by atoms with Crippen molar-refractivity contribution in [2.75, 3.05) is 31.3 Å². The van der Waals surface area contributed by atoms with Gasteiger partial charge >= 0.3 is 0 Å². The molecule has 1 aromatic heterocycles. The summed E-state index contributed by atoms with van der Waals surface area (Å²) in [5.74, 6) is -0.608. The first-order chi connectivity index (χ1) is 14.6. The second kappa shape index (κ2) is 10.9. The van der Waals surface area contributed by atoms with E-state index in [4.69, 9.17) is 4.74 Å². The lowest BCUT2D eigenvalue weighted by atomic mass is 10.2. The number of nitrogens with zero attached hydrogens (tertiary/aromatic N) is 1. The van der Waals surface area contributed by atoms with Crippen LogP contribution in [-0.2, 0) is 9.53 Å². The van der Waals surface area contributed by atoms with Crippen LogP contribution in [0.5, 0.6) is 0 Å². The van der Waals surface area contributed by atoms with E-state index in [0.29, 0.717) is 40.0 Å². The summed E-state index contributed by atoms with van der Waals surface area (Å²) in [4.78, 5) is 29.7. The van der Waals surface area contributed by atoms with Gasteiger partial charge in [-0.25, -0.2) is 9.37 Å². The predicted octanol–water partition coefficient (Wildman–Crippen LogP) is 4.06. The van der Waals surface area contributed by atoms with Crippen molar-refractivity contribution in [3.8, 4) is 11.3 Å². The van der Waals surface area contributed by atoms with Gasteiger partial charge in [-0.1, -0.05) is 24.3 Å². The molecule has 6 nitrogen and oxygen atoms in total. The van der Waals surface area contributed by atoms with Crippen LogP contribution in [0, 0.1) is 5.82 Å². The van der Waals surface area contributed by atoms with E-state index in [0.717, 1.165) is 0 Å². The number of hydrogen-bond acceptors (Lipinski definition) is 6. The minimum atomic E-state index is -0.344. The van der Waals surface area contributed by atoms with Crippen molar-refractivity contribution < 1.29 is 18.7 Å². The highest BCUT2D eigenvalue weighted by atomic mass is 32.2. The number of anilines is 1. The summed E-state index contributed by atoms with van der Waals surface area (Å²) in [5.41, 5.74) is 1.68. The summed E-state index contributed by atoms with van der Waals surface area (Å²) in [6.07, 6.45) is 0. The molecule has 2 amide bonds. The molecule has 9 heteroatoms. The summed E-state index contributed by atoms with van der Waals surface area (Å²) < 4.78 is 18.3. The molecule has 0 fully saturated rings. The molecule has 2 aromatic carbocycles. The molecular formula is C21H20FN3O3S2. The van der Waals surface area contributed by atoms with Crippen molar-refractivity contribution in [2.45, 2.75) is 4.90 Å². The first kappa shape index (κ1) is 21.9. The Morgan fingerprint density at radius 3 is 2.83 bits per heavy atom. The Morgan fingerprint density at radius 2 is 2.03 bits per heavy atom. The summed E-state index contributed by atoms with van der Waals surface area (Å²) in [6.45, 7) is 0.885. The molecule has 0 aliphatic heterocycles. The van der Waals surface area contributed by atoms with Crippen LogP contribution in [0.2, 0.25) is 0 Å². The number of thiazole rings is 1. The van der Waals surface area contributed by atoms with Crippen molar-refractivity contribution in [2.24, 2.45) is 0 Å². The molecule has 0 spiro atoms. The topological polar surface area (TPSA) is 80.3 Å². The monoisotopic (exact) mass is 445 g/mol. The minimum absolute atomic E-state index is 0.132. The van der Waals surface area contributed by atoms with E-state index in [1.165, 1.54) is 35.2 Å². The number of benzene rings is 2.